The molecule has 0 radical (unpaired) electrons. The zero-order chi connectivity index (χ0) is 14.8. The number of thioether (sulfide) groups is 1. The van der Waals surface area contributed by atoms with Crippen LogP contribution in [-0.4, -0.2) is 17.3 Å². The highest BCUT2D eigenvalue weighted by atomic mass is 79.9. The first kappa shape index (κ1) is 14.9. The summed E-state index contributed by atoms with van der Waals surface area (Å²) in [5, 5.41) is 1.36. The minimum Gasteiger partial charge on any atom is -0.497 e. The van der Waals surface area contributed by atoms with Crippen LogP contribution in [-0.2, 0) is 6.42 Å². The first-order chi connectivity index (χ1) is 10.2. The van der Waals surface area contributed by atoms with Gasteiger partial charge in [-0.25, -0.2) is 4.98 Å². The van der Waals surface area contributed by atoms with Crippen LogP contribution in [0.2, 0.25) is 0 Å². The van der Waals surface area contributed by atoms with E-state index in [0.717, 1.165) is 28.1 Å². The lowest BCUT2D eigenvalue weighted by atomic mass is 9.87. The highest BCUT2D eigenvalue weighted by molar-refractivity contribution is 9.10. The van der Waals surface area contributed by atoms with E-state index in [1.54, 1.807) is 18.9 Å². The van der Waals surface area contributed by atoms with Crippen molar-refractivity contribution in [1.82, 2.24) is 4.98 Å². The molecule has 1 aliphatic rings. The number of aromatic nitrogens is 1. The Balaban J connectivity index is 1.81. The highest BCUT2D eigenvalue weighted by Crippen LogP contribution is 2.39. The molecule has 1 heterocycles. The third kappa shape index (κ3) is 3.25. The molecule has 0 aliphatic heterocycles. The van der Waals surface area contributed by atoms with Crippen molar-refractivity contribution in [3.63, 3.8) is 0 Å². The monoisotopic (exact) mass is 364 g/mol. The molecule has 1 aliphatic carbocycles. The van der Waals surface area contributed by atoms with Crippen LogP contribution in [0.15, 0.2) is 46.0 Å². The number of aryl methyl sites for hydroxylation is 1. The maximum absolute atomic E-state index is 6.48. The second-order valence-electron chi connectivity index (χ2n) is 5.10. The average Bonchev–Trinajstić information content (AvgIpc) is 2.52. The molecule has 0 spiro atoms. The maximum atomic E-state index is 6.48. The van der Waals surface area contributed by atoms with Crippen LogP contribution < -0.4 is 10.5 Å². The smallest absolute Gasteiger partial charge is 0.119 e. The van der Waals surface area contributed by atoms with E-state index in [2.05, 4.69) is 33.0 Å². The summed E-state index contributed by atoms with van der Waals surface area (Å²) < 4.78 is 6.31. The fraction of sp³-hybridized carbons (Fsp3) is 0.312. The molecule has 0 amide bonds. The van der Waals surface area contributed by atoms with Crippen molar-refractivity contribution in [2.45, 2.75) is 29.2 Å². The Morgan fingerprint density at radius 1 is 1.33 bits per heavy atom. The summed E-state index contributed by atoms with van der Waals surface area (Å²) in [5.41, 5.74) is 9.02. The van der Waals surface area contributed by atoms with Crippen molar-refractivity contribution in [3.8, 4) is 5.75 Å². The Labute approximate surface area is 137 Å². The summed E-state index contributed by atoms with van der Waals surface area (Å²) in [5.74, 6) is 0.872. The van der Waals surface area contributed by atoms with E-state index in [-0.39, 0.29) is 6.04 Å². The molecule has 0 bridgehead atoms. The summed E-state index contributed by atoms with van der Waals surface area (Å²) in [4.78, 5) is 4.43. The minimum absolute atomic E-state index is 0.0132. The van der Waals surface area contributed by atoms with Gasteiger partial charge in [0, 0.05) is 22.0 Å². The second kappa shape index (κ2) is 6.38. The number of rotatable bonds is 3. The minimum atomic E-state index is 0.0132. The van der Waals surface area contributed by atoms with Crippen LogP contribution in [0, 0.1) is 0 Å². The van der Waals surface area contributed by atoms with Crippen LogP contribution in [0.1, 0.15) is 23.6 Å². The lowest BCUT2D eigenvalue weighted by Gasteiger charge is -2.30. The van der Waals surface area contributed by atoms with Crippen LogP contribution >= 0.6 is 27.7 Å². The Kier molecular flexibility index (Phi) is 4.52. The van der Waals surface area contributed by atoms with E-state index in [1.807, 2.05) is 24.4 Å². The number of hydrogen-bond donors (Lipinski definition) is 1. The molecule has 0 fully saturated rings. The molecular weight excluding hydrogens is 348 g/mol. The predicted octanol–water partition coefficient (Wildman–Crippen LogP) is 3.96. The zero-order valence-electron chi connectivity index (χ0n) is 11.8. The van der Waals surface area contributed by atoms with E-state index in [9.17, 15) is 0 Å². The molecule has 2 atom stereocenters. The van der Waals surface area contributed by atoms with Crippen LogP contribution in [0.25, 0.3) is 0 Å². The van der Waals surface area contributed by atoms with Crippen molar-refractivity contribution in [2.24, 2.45) is 5.73 Å². The number of benzene rings is 1. The average molecular weight is 365 g/mol. The van der Waals surface area contributed by atoms with Gasteiger partial charge in [-0.3, -0.25) is 0 Å². The van der Waals surface area contributed by atoms with Crippen molar-refractivity contribution in [1.29, 1.82) is 0 Å². The SMILES string of the molecule is COc1ccc2c(c1)C(N)C(Sc1ccc(Br)cn1)CC2. The van der Waals surface area contributed by atoms with E-state index in [0.29, 0.717) is 5.25 Å². The number of fused-ring (bicyclic) bond motifs is 1. The second-order valence-corrected chi connectivity index (χ2v) is 7.28. The molecule has 1 aromatic carbocycles. The largest absolute Gasteiger partial charge is 0.497 e. The van der Waals surface area contributed by atoms with Crippen LogP contribution in [0.4, 0.5) is 0 Å². The number of nitrogens with zero attached hydrogens (tertiary/aromatic N) is 1. The van der Waals surface area contributed by atoms with Gasteiger partial charge >= 0.3 is 0 Å². The Morgan fingerprint density at radius 2 is 2.19 bits per heavy atom. The maximum Gasteiger partial charge on any atom is 0.119 e. The van der Waals surface area contributed by atoms with Crippen molar-refractivity contribution in [2.75, 3.05) is 7.11 Å². The van der Waals surface area contributed by atoms with Crippen LogP contribution in [0.3, 0.4) is 0 Å². The molecule has 21 heavy (non-hydrogen) atoms. The zero-order valence-corrected chi connectivity index (χ0v) is 14.2. The van der Waals surface area contributed by atoms with Gasteiger partial charge in [-0.05, 0) is 64.2 Å². The van der Waals surface area contributed by atoms with E-state index in [4.69, 9.17) is 10.5 Å². The number of nitrogens with two attached hydrogens (primary N) is 1. The fourth-order valence-corrected chi connectivity index (χ4v) is 3.97. The summed E-state index contributed by atoms with van der Waals surface area (Å²) in [6, 6.07) is 10.3. The standard InChI is InChI=1S/C16H17BrN2OS/c1-20-12-5-2-10-3-6-14(16(18)13(10)8-12)21-15-7-4-11(17)9-19-15/h2,4-5,7-9,14,16H,3,6,18H2,1H3. The first-order valence-electron chi connectivity index (χ1n) is 6.88. The molecule has 0 saturated carbocycles. The molecule has 3 nitrogen and oxygen atoms in total. The molecule has 2 N–H and O–H groups in total. The number of halogens is 1. The van der Waals surface area contributed by atoms with Gasteiger partial charge in [0.25, 0.3) is 0 Å². The van der Waals surface area contributed by atoms with Gasteiger partial charge in [-0.1, -0.05) is 6.07 Å². The summed E-state index contributed by atoms with van der Waals surface area (Å²) in [6.07, 6.45) is 3.96. The molecule has 1 aromatic heterocycles. The molecule has 5 heteroatoms. The highest BCUT2D eigenvalue weighted by Gasteiger charge is 2.28. The molecule has 110 valence electrons. The quantitative estimate of drug-likeness (QED) is 0.895. The number of hydrogen-bond acceptors (Lipinski definition) is 4. The van der Waals surface area contributed by atoms with Crippen molar-refractivity contribution < 1.29 is 4.74 Å². The summed E-state index contributed by atoms with van der Waals surface area (Å²) >= 11 is 5.17. The number of ether oxygens (including phenoxy) is 1. The van der Waals surface area contributed by atoms with E-state index >= 15 is 0 Å². The normalized spacial score (nSPS) is 20.9. The van der Waals surface area contributed by atoms with E-state index in [1.165, 1.54) is 11.1 Å². The van der Waals surface area contributed by atoms with Gasteiger partial charge in [0.2, 0.25) is 0 Å². The molecule has 2 aromatic rings. The van der Waals surface area contributed by atoms with Gasteiger partial charge in [-0.15, -0.1) is 11.8 Å². The van der Waals surface area contributed by atoms with Gasteiger partial charge in [0.1, 0.15) is 5.75 Å². The molecule has 2 unspecified atom stereocenters. The van der Waals surface area contributed by atoms with Gasteiger partial charge in [-0.2, -0.15) is 0 Å². The van der Waals surface area contributed by atoms with Crippen molar-refractivity contribution in [3.05, 3.63) is 52.1 Å². The Hall–Kier alpha value is -1.04. The molecule has 0 saturated heterocycles. The number of pyridine rings is 1. The Morgan fingerprint density at radius 3 is 2.90 bits per heavy atom. The number of methoxy groups -OCH3 is 1. The van der Waals surface area contributed by atoms with Gasteiger partial charge in [0.05, 0.1) is 12.1 Å². The van der Waals surface area contributed by atoms with Crippen LogP contribution in [0.5, 0.6) is 5.75 Å². The Bertz CT molecular complexity index is 633. The molecular formula is C16H17BrN2OS. The third-order valence-electron chi connectivity index (χ3n) is 3.78. The summed E-state index contributed by atoms with van der Waals surface area (Å²) in [6.45, 7) is 0. The first-order valence-corrected chi connectivity index (χ1v) is 8.55. The lowest BCUT2D eigenvalue weighted by molar-refractivity contribution is 0.412. The third-order valence-corrected chi connectivity index (χ3v) is 5.57. The molecule has 3 rings (SSSR count). The fourth-order valence-electron chi connectivity index (χ4n) is 2.63. The summed E-state index contributed by atoms with van der Waals surface area (Å²) in [7, 11) is 1.69. The lowest BCUT2D eigenvalue weighted by Crippen LogP contribution is -2.29. The predicted molar refractivity (Wildman–Crippen MR) is 89.8 cm³/mol. The van der Waals surface area contributed by atoms with E-state index < -0.39 is 0 Å². The van der Waals surface area contributed by atoms with Gasteiger partial charge < -0.3 is 10.5 Å². The van der Waals surface area contributed by atoms with Gasteiger partial charge in [0.15, 0.2) is 0 Å². The van der Waals surface area contributed by atoms with Crippen molar-refractivity contribution >= 4 is 27.7 Å². The topological polar surface area (TPSA) is 48.1 Å².